The molecule has 1 saturated heterocycles. The van der Waals surface area contributed by atoms with Crippen molar-refractivity contribution in [2.45, 2.75) is 25.6 Å². The third-order valence-electron chi connectivity index (χ3n) is 2.42. The molecular weight excluding hydrogens is 128 g/mol. The zero-order chi connectivity index (χ0) is 7.78. The Labute approximate surface area is 61.5 Å². The number of hydrogen-bond donors (Lipinski definition) is 1. The van der Waals surface area contributed by atoms with Crippen molar-refractivity contribution in [3.63, 3.8) is 0 Å². The fraction of sp³-hybridized carbons (Fsp3) is 0.750. The number of hydrogen-bond acceptors (Lipinski definition) is 2. The van der Waals surface area contributed by atoms with Gasteiger partial charge >= 0.3 is 0 Å². The topological polar surface area (TPSA) is 29.5 Å². The molecule has 0 aromatic heterocycles. The fourth-order valence-corrected chi connectivity index (χ4v) is 1.19. The fourth-order valence-electron chi connectivity index (χ4n) is 1.19. The summed E-state index contributed by atoms with van der Waals surface area (Å²) in [5, 5.41) is 9.70. The summed E-state index contributed by atoms with van der Waals surface area (Å²) < 4.78 is 5.25. The van der Waals surface area contributed by atoms with Crippen molar-refractivity contribution in [3.8, 4) is 0 Å². The van der Waals surface area contributed by atoms with Gasteiger partial charge in [-0.25, -0.2) is 0 Å². The van der Waals surface area contributed by atoms with Crippen LogP contribution < -0.4 is 0 Å². The normalized spacial score (nSPS) is 47.5. The standard InChI is InChI=1S/C8H14O2/c1-4-8(9)5-10-7(3)6(8)2/h4,6-7,9H,1,5H2,2-3H3. The van der Waals surface area contributed by atoms with Crippen LogP contribution in [0.5, 0.6) is 0 Å². The molecule has 0 aliphatic carbocycles. The summed E-state index contributed by atoms with van der Waals surface area (Å²) in [6.45, 7) is 7.89. The van der Waals surface area contributed by atoms with Crippen LogP contribution in [0.1, 0.15) is 13.8 Å². The molecule has 0 amide bonds. The molecule has 3 unspecified atom stereocenters. The Morgan fingerprint density at radius 1 is 1.70 bits per heavy atom. The Morgan fingerprint density at radius 3 is 2.50 bits per heavy atom. The van der Waals surface area contributed by atoms with Gasteiger partial charge in [-0.3, -0.25) is 0 Å². The highest BCUT2D eigenvalue weighted by Crippen LogP contribution is 2.30. The minimum Gasteiger partial charge on any atom is -0.383 e. The summed E-state index contributed by atoms with van der Waals surface area (Å²) in [5.41, 5.74) is -0.792. The van der Waals surface area contributed by atoms with Gasteiger partial charge in [-0.15, -0.1) is 6.58 Å². The molecule has 0 bridgehead atoms. The van der Waals surface area contributed by atoms with Gasteiger partial charge in [0.25, 0.3) is 0 Å². The van der Waals surface area contributed by atoms with Gasteiger partial charge in [-0.05, 0) is 6.92 Å². The maximum Gasteiger partial charge on any atom is 0.111 e. The van der Waals surface area contributed by atoms with Crippen LogP contribution in [0.2, 0.25) is 0 Å². The quantitative estimate of drug-likeness (QED) is 0.552. The van der Waals surface area contributed by atoms with E-state index in [1.54, 1.807) is 6.08 Å². The zero-order valence-corrected chi connectivity index (χ0v) is 6.50. The van der Waals surface area contributed by atoms with Crippen LogP contribution in [0, 0.1) is 5.92 Å². The lowest BCUT2D eigenvalue weighted by Crippen LogP contribution is -2.34. The molecule has 0 radical (unpaired) electrons. The van der Waals surface area contributed by atoms with Gasteiger partial charge in [0.15, 0.2) is 0 Å². The van der Waals surface area contributed by atoms with Gasteiger partial charge in [-0.1, -0.05) is 13.0 Å². The van der Waals surface area contributed by atoms with Crippen LogP contribution in [0.25, 0.3) is 0 Å². The van der Waals surface area contributed by atoms with E-state index in [0.29, 0.717) is 6.61 Å². The van der Waals surface area contributed by atoms with Crippen molar-refractivity contribution in [1.82, 2.24) is 0 Å². The molecule has 1 fully saturated rings. The van der Waals surface area contributed by atoms with E-state index in [-0.39, 0.29) is 12.0 Å². The predicted octanol–water partition coefficient (Wildman–Crippen LogP) is 0.958. The summed E-state index contributed by atoms with van der Waals surface area (Å²) in [6, 6.07) is 0. The van der Waals surface area contributed by atoms with E-state index in [0.717, 1.165) is 0 Å². The molecule has 0 aromatic carbocycles. The Bertz CT molecular complexity index is 144. The zero-order valence-electron chi connectivity index (χ0n) is 6.50. The van der Waals surface area contributed by atoms with Gasteiger partial charge < -0.3 is 9.84 Å². The average Bonchev–Trinajstić information content (AvgIpc) is 2.19. The molecule has 1 rings (SSSR count). The molecule has 2 heteroatoms. The largest absolute Gasteiger partial charge is 0.383 e. The lowest BCUT2D eigenvalue weighted by molar-refractivity contribution is 0.0498. The predicted molar refractivity (Wildman–Crippen MR) is 39.7 cm³/mol. The average molecular weight is 142 g/mol. The first-order chi connectivity index (χ1) is 4.60. The van der Waals surface area contributed by atoms with E-state index in [4.69, 9.17) is 4.74 Å². The van der Waals surface area contributed by atoms with Crippen molar-refractivity contribution >= 4 is 0 Å². The summed E-state index contributed by atoms with van der Waals surface area (Å²) in [4.78, 5) is 0. The molecule has 2 nitrogen and oxygen atoms in total. The van der Waals surface area contributed by atoms with Gasteiger partial charge in [0.2, 0.25) is 0 Å². The van der Waals surface area contributed by atoms with Crippen molar-refractivity contribution in [1.29, 1.82) is 0 Å². The second-order valence-corrected chi connectivity index (χ2v) is 3.00. The molecule has 1 N–H and O–H groups in total. The molecule has 0 saturated carbocycles. The highest BCUT2D eigenvalue weighted by atomic mass is 16.5. The Kier molecular flexibility index (Phi) is 1.84. The lowest BCUT2D eigenvalue weighted by atomic mass is 9.89. The molecule has 58 valence electrons. The summed E-state index contributed by atoms with van der Waals surface area (Å²) in [7, 11) is 0. The Hall–Kier alpha value is -0.340. The van der Waals surface area contributed by atoms with E-state index < -0.39 is 5.60 Å². The first kappa shape index (κ1) is 7.76. The molecule has 10 heavy (non-hydrogen) atoms. The Balaban J connectivity index is 2.73. The van der Waals surface area contributed by atoms with Gasteiger partial charge in [-0.2, -0.15) is 0 Å². The molecule has 1 aliphatic heterocycles. The van der Waals surface area contributed by atoms with E-state index >= 15 is 0 Å². The van der Waals surface area contributed by atoms with E-state index in [1.807, 2.05) is 13.8 Å². The SMILES string of the molecule is C=CC1(O)COC(C)C1C. The second kappa shape index (κ2) is 2.36. The van der Waals surface area contributed by atoms with Crippen molar-refractivity contribution < 1.29 is 9.84 Å². The molecule has 0 spiro atoms. The molecule has 1 aliphatic rings. The summed E-state index contributed by atoms with van der Waals surface area (Å²) in [6.07, 6.45) is 1.71. The summed E-state index contributed by atoms with van der Waals surface area (Å²) >= 11 is 0. The number of rotatable bonds is 1. The number of ether oxygens (including phenoxy) is 1. The molecule has 0 aromatic rings. The minimum atomic E-state index is -0.792. The van der Waals surface area contributed by atoms with Crippen LogP contribution in [0.15, 0.2) is 12.7 Å². The van der Waals surface area contributed by atoms with Gasteiger partial charge in [0, 0.05) is 5.92 Å². The van der Waals surface area contributed by atoms with Crippen molar-refractivity contribution in [2.75, 3.05) is 6.61 Å². The first-order valence-corrected chi connectivity index (χ1v) is 3.58. The maximum atomic E-state index is 9.70. The van der Waals surface area contributed by atoms with Crippen LogP contribution in [-0.4, -0.2) is 23.4 Å². The van der Waals surface area contributed by atoms with Crippen LogP contribution in [-0.2, 0) is 4.74 Å². The Morgan fingerprint density at radius 2 is 2.30 bits per heavy atom. The molecule has 3 atom stereocenters. The van der Waals surface area contributed by atoms with Gasteiger partial charge in [0.1, 0.15) is 5.60 Å². The lowest BCUT2D eigenvalue weighted by Gasteiger charge is -2.21. The van der Waals surface area contributed by atoms with Crippen LogP contribution in [0.4, 0.5) is 0 Å². The molecule has 1 heterocycles. The van der Waals surface area contributed by atoms with Crippen LogP contribution >= 0.6 is 0 Å². The first-order valence-electron chi connectivity index (χ1n) is 3.58. The monoisotopic (exact) mass is 142 g/mol. The van der Waals surface area contributed by atoms with Crippen molar-refractivity contribution in [3.05, 3.63) is 12.7 Å². The maximum absolute atomic E-state index is 9.70. The highest BCUT2D eigenvalue weighted by Gasteiger charge is 2.41. The third kappa shape index (κ3) is 0.976. The highest BCUT2D eigenvalue weighted by molar-refractivity contribution is 5.04. The van der Waals surface area contributed by atoms with Crippen LogP contribution in [0.3, 0.4) is 0 Å². The molecular formula is C8H14O2. The smallest absolute Gasteiger partial charge is 0.111 e. The van der Waals surface area contributed by atoms with Crippen molar-refractivity contribution in [2.24, 2.45) is 5.92 Å². The van der Waals surface area contributed by atoms with E-state index in [2.05, 4.69) is 6.58 Å². The summed E-state index contributed by atoms with van der Waals surface area (Å²) in [5.74, 6) is 0.157. The second-order valence-electron chi connectivity index (χ2n) is 3.00. The number of aliphatic hydroxyl groups is 1. The van der Waals surface area contributed by atoms with E-state index in [1.165, 1.54) is 0 Å². The third-order valence-corrected chi connectivity index (χ3v) is 2.42. The van der Waals surface area contributed by atoms with Gasteiger partial charge in [0.05, 0.1) is 12.7 Å². The minimum absolute atomic E-state index is 0.142. The van der Waals surface area contributed by atoms with E-state index in [9.17, 15) is 5.11 Å².